The van der Waals surface area contributed by atoms with Crippen LogP contribution in [0.5, 0.6) is 0 Å². The molecule has 2 heterocycles. The molecule has 0 spiro atoms. The van der Waals surface area contributed by atoms with Gasteiger partial charge in [-0.05, 0) is 12.5 Å². The minimum atomic E-state index is -0.0428. The summed E-state index contributed by atoms with van der Waals surface area (Å²) in [5.41, 5.74) is 5.25. The number of fused-ring (bicyclic) bond motifs is 1. The maximum absolute atomic E-state index is 10.8. The van der Waals surface area contributed by atoms with Crippen molar-refractivity contribution in [2.24, 2.45) is 0 Å². The van der Waals surface area contributed by atoms with E-state index in [1.807, 2.05) is 6.08 Å². The maximum Gasteiger partial charge on any atom is 0.341 e. The van der Waals surface area contributed by atoms with Gasteiger partial charge in [-0.3, -0.25) is 10.3 Å². The van der Waals surface area contributed by atoms with Crippen LogP contribution < -0.4 is 10.9 Å². The Morgan fingerprint density at radius 2 is 2.44 bits per heavy atom. The minimum absolute atomic E-state index is 0.0428. The molecule has 1 fully saturated rings. The topological polar surface area (TPSA) is 44.4 Å². The average molecular weight is 125 g/mol. The zero-order chi connectivity index (χ0) is 6.27. The number of carbonyl (C=O) groups excluding carboxylic acids is 1. The third-order valence-corrected chi connectivity index (χ3v) is 1.52. The first kappa shape index (κ1) is 4.67. The van der Waals surface area contributed by atoms with Crippen LogP contribution in [0.3, 0.4) is 0 Å². The van der Waals surface area contributed by atoms with Crippen LogP contribution in [0.15, 0.2) is 11.9 Å². The molecular weight excluding hydrogens is 118 g/mol. The van der Waals surface area contributed by atoms with Gasteiger partial charge in [-0.2, -0.15) is 0 Å². The third-order valence-electron chi connectivity index (χ3n) is 1.52. The van der Waals surface area contributed by atoms with Crippen molar-refractivity contribution in [3.05, 3.63) is 11.9 Å². The molecule has 0 aromatic rings. The van der Waals surface area contributed by atoms with E-state index in [2.05, 4.69) is 10.9 Å². The molecule has 0 aromatic heterocycles. The van der Waals surface area contributed by atoms with Crippen molar-refractivity contribution in [1.82, 2.24) is 15.8 Å². The number of nitrogens with zero attached hydrogens (tertiary/aromatic N) is 1. The first-order valence-electron chi connectivity index (χ1n) is 2.91. The molecule has 2 aliphatic rings. The Hall–Kier alpha value is -1.19. The van der Waals surface area contributed by atoms with Gasteiger partial charge >= 0.3 is 6.03 Å². The summed E-state index contributed by atoms with van der Waals surface area (Å²) in [4.78, 5) is 12.4. The number of urea groups is 1. The van der Waals surface area contributed by atoms with Crippen molar-refractivity contribution in [3.8, 4) is 0 Å². The molecule has 0 atom stereocenters. The largest absolute Gasteiger partial charge is 0.341 e. The van der Waals surface area contributed by atoms with Gasteiger partial charge in [0.2, 0.25) is 0 Å². The van der Waals surface area contributed by atoms with Gasteiger partial charge in [0.15, 0.2) is 0 Å². The van der Waals surface area contributed by atoms with E-state index in [0.717, 1.165) is 18.8 Å². The van der Waals surface area contributed by atoms with Gasteiger partial charge in [-0.1, -0.05) is 0 Å². The molecule has 48 valence electrons. The summed E-state index contributed by atoms with van der Waals surface area (Å²) in [6.07, 6.45) is 2.97. The van der Waals surface area contributed by atoms with Crippen molar-refractivity contribution in [2.45, 2.75) is 6.42 Å². The van der Waals surface area contributed by atoms with Gasteiger partial charge in [0, 0.05) is 6.54 Å². The third kappa shape index (κ3) is 0.497. The van der Waals surface area contributed by atoms with Crippen molar-refractivity contribution >= 4 is 6.03 Å². The second-order valence-electron chi connectivity index (χ2n) is 2.08. The standard InChI is InChI=1S/C5H7N3O/c9-5-7-6-4-2-1-3-8(4)5/h2,6H,1,3H2,(H,7,9). The number of amides is 2. The number of nitrogens with one attached hydrogen (secondary N) is 2. The molecule has 0 saturated carbocycles. The van der Waals surface area contributed by atoms with E-state index in [0.29, 0.717) is 0 Å². The molecule has 0 bridgehead atoms. The van der Waals surface area contributed by atoms with E-state index in [1.165, 1.54) is 0 Å². The number of hydrogen-bond acceptors (Lipinski definition) is 2. The van der Waals surface area contributed by atoms with Gasteiger partial charge in [0.25, 0.3) is 0 Å². The Kier molecular flexibility index (Phi) is 0.726. The molecule has 2 aliphatic heterocycles. The zero-order valence-corrected chi connectivity index (χ0v) is 4.85. The Bertz CT molecular complexity index is 187. The Labute approximate surface area is 52.5 Å². The SMILES string of the molecule is O=C1NNC2=CCCN12. The summed E-state index contributed by atoms with van der Waals surface area (Å²) in [5.74, 6) is 0.903. The fourth-order valence-electron chi connectivity index (χ4n) is 1.08. The van der Waals surface area contributed by atoms with Gasteiger partial charge in [0.1, 0.15) is 5.82 Å². The van der Waals surface area contributed by atoms with Gasteiger partial charge in [-0.25, -0.2) is 10.2 Å². The van der Waals surface area contributed by atoms with Crippen molar-refractivity contribution in [2.75, 3.05) is 6.54 Å². The highest BCUT2D eigenvalue weighted by Gasteiger charge is 2.27. The second kappa shape index (κ2) is 1.40. The molecule has 0 unspecified atom stereocenters. The highest BCUT2D eigenvalue weighted by Crippen LogP contribution is 2.14. The summed E-state index contributed by atoms with van der Waals surface area (Å²) in [6, 6.07) is -0.0428. The number of hydrogen-bond donors (Lipinski definition) is 2. The fraction of sp³-hybridized carbons (Fsp3) is 0.400. The summed E-state index contributed by atoms with van der Waals surface area (Å²) >= 11 is 0. The lowest BCUT2D eigenvalue weighted by atomic mass is 10.5. The van der Waals surface area contributed by atoms with Crippen molar-refractivity contribution in [1.29, 1.82) is 0 Å². The second-order valence-corrected chi connectivity index (χ2v) is 2.08. The van der Waals surface area contributed by atoms with Crippen LogP contribution in [-0.2, 0) is 0 Å². The predicted molar refractivity (Wildman–Crippen MR) is 31.1 cm³/mol. The molecule has 0 radical (unpaired) electrons. The quantitative estimate of drug-likeness (QED) is 0.469. The molecule has 2 N–H and O–H groups in total. The van der Waals surface area contributed by atoms with E-state index in [1.54, 1.807) is 4.90 Å². The maximum atomic E-state index is 10.8. The van der Waals surface area contributed by atoms with Crippen LogP contribution in [0.4, 0.5) is 4.79 Å². The van der Waals surface area contributed by atoms with Gasteiger partial charge in [0.05, 0.1) is 0 Å². The first-order chi connectivity index (χ1) is 4.38. The van der Waals surface area contributed by atoms with Crippen LogP contribution in [0, 0.1) is 0 Å². The average Bonchev–Trinajstić information content (AvgIpc) is 2.35. The lowest BCUT2D eigenvalue weighted by Crippen LogP contribution is -2.28. The van der Waals surface area contributed by atoms with Crippen LogP contribution in [0.2, 0.25) is 0 Å². The predicted octanol–water partition coefficient (Wildman–Crippen LogP) is -0.239. The van der Waals surface area contributed by atoms with E-state index < -0.39 is 0 Å². The minimum Gasteiger partial charge on any atom is -0.282 e. The highest BCUT2D eigenvalue weighted by atomic mass is 16.2. The van der Waals surface area contributed by atoms with Crippen LogP contribution in [0.1, 0.15) is 6.42 Å². The number of hydrazine groups is 1. The monoisotopic (exact) mass is 125 g/mol. The molecule has 2 rings (SSSR count). The molecule has 0 aromatic carbocycles. The molecule has 4 heteroatoms. The Morgan fingerprint density at radius 3 is 3.22 bits per heavy atom. The Morgan fingerprint density at radius 1 is 1.56 bits per heavy atom. The molecule has 2 amide bonds. The van der Waals surface area contributed by atoms with E-state index in [9.17, 15) is 4.79 Å². The summed E-state index contributed by atoms with van der Waals surface area (Å²) in [6.45, 7) is 0.814. The summed E-state index contributed by atoms with van der Waals surface area (Å²) in [7, 11) is 0. The highest BCUT2D eigenvalue weighted by molar-refractivity contribution is 5.78. The summed E-state index contributed by atoms with van der Waals surface area (Å²) < 4.78 is 0. The molecule has 9 heavy (non-hydrogen) atoms. The lowest BCUT2D eigenvalue weighted by molar-refractivity contribution is 0.225. The van der Waals surface area contributed by atoms with Crippen molar-refractivity contribution in [3.63, 3.8) is 0 Å². The van der Waals surface area contributed by atoms with Crippen molar-refractivity contribution < 1.29 is 4.79 Å². The van der Waals surface area contributed by atoms with E-state index >= 15 is 0 Å². The smallest absolute Gasteiger partial charge is 0.282 e. The number of carbonyl (C=O) groups is 1. The van der Waals surface area contributed by atoms with E-state index in [4.69, 9.17) is 0 Å². The molecular formula is C5H7N3O. The fourth-order valence-corrected chi connectivity index (χ4v) is 1.08. The zero-order valence-electron chi connectivity index (χ0n) is 4.85. The van der Waals surface area contributed by atoms with E-state index in [-0.39, 0.29) is 6.03 Å². The first-order valence-corrected chi connectivity index (χ1v) is 2.91. The van der Waals surface area contributed by atoms with Gasteiger partial charge < -0.3 is 0 Å². The van der Waals surface area contributed by atoms with Gasteiger partial charge in [-0.15, -0.1) is 0 Å². The molecule has 4 nitrogen and oxygen atoms in total. The van der Waals surface area contributed by atoms with Crippen LogP contribution in [-0.4, -0.2) is 17.5 Å². The van der Waals surface area contributed by atoms with Crippen LogP contribution >= 0.6 is 0 Å². The Balaban J connectivity index is 2.29. The van der Waals surface area contributed by atoms with Crippen LogP contribution in [0.25, 0.3) is 0 Å². The number of rotatable bonds is 0. The summed E-state index contributed by atoms with van der Waals surface area (Å²) in [5, 5.41) is 0. The normalized spacial score (nSPS) is 22.9. The molecule has 1 saturated heterocycles. The molecule has 0 aliphatic carbocycles. The lowest BCUT2D eigenvalue weighted by Gasteiger charge is -2.04.